The molecule has 2 rings (SSSR count). The molecule has 1 unspecified atom stereocenters. The molecule has 1 aromatic heterocycles. The molecule has 0 bridgehead atoms. The Kier molecular flexibility index (Phi) is 2.53. The van der Waals surface area contributed by atoms with Crippen LogP contribution in [0.15, 0.2) is 9.85 Å². The highest BCUT2D eigenvalue weighted by Gasteiger charge is 2.19. The topological polar surface area (TPSA) is 12.0 Å². The van der Waals surface area contributed by atoms with E-state index in [2.05, 4.69) is 34.2 Å². The summed E-state index contributed by atoms with van der Waals surface area (Å²) >= 11 is 5.44. The van der Waals surface area contributed by atoms with Crippen LogP contribution in [-0.2, 0) is 0 Å². The molecule has 1 saturated heterocycles. The standard InChI is InChI=1S/C9H12BrNS/c1-6-5-7(9(10)12-6)8-3-2-4-11-8/h5,8,11H,2-4H2,1H3. The van der Waals surface area contributed by atoms with Crippen LogP contribution >= 0.6 is 27.3 Å². The predicted molar refractivity (Wildman–Crippen MR) is 56.7 cm³/mol. The van der Waals surface area contributed by atoms with Crippen molar-refractivity contribution in [1.29, 1.82) is 0 Å². The van der Waals surface area contributed by atoms with Crippen LogP contribution in [-0.4, -0.2) is 6.54 Å². The number of thiophene rings is 1. The lowest BCUT2D eigenvalue weighted by atomic mass is 10.1. The number of rotatable bonds is 1. The van der Waals surface area contributed by atoms with Crippen LogP contribution in [0.25, 0.3) is 0 Å². The van der Waals surface area contributed by atoms with Gasteiger partial charge >= 0.3 is 0 Å². The molecule has 1 nitrogen and oxygen atoms in total. The Morgan fingerprint density at radius 1 is 1.67 bits per heavy atom. The fraction of sp³-hybridized carbons (Fsp3) is 0.556. The summed E-state index contributed by atoms with van der Waals surface area (Å²) < 4.78 is 1.31. The second-order valence-corrected chi connectivity index (χ2v) is 5.81. The zero-order chi connectivity index (χ0) is 8.55. The van der Waals surface area contributed by atoms with Crippen molar-refractivity contribution < 1.29 is 0 Å². The first-order chi connectivity index (χ1) is 5.77. The third kappa shape index (κ3) is 1.58. The molecule has 0 saturated carbocycles. The Hall–Kier alpha value is 0.140. The molecule has 12 heavy (non-hydrogen) atoms. The monoisotopic (exact) mass is 245 g/mol. The van der Waals surface area contributed by atoms with Gasteiger partial charge in [0, 0.05) is 10.9 Å². The zero-order valence-electron chi connectivity index (χ0n) is 7.06. The van der Waals surface area contributed by atoms with Gasteiger partial charge in [-0.05, 0) is 53.9 Å². The van der Waals surface area contributed by atoms with Gasteiger partial charge in [-0.2, -0.15) is 0 Å². The van der Waals surface area contributed by atoms with E-state index < -0.39 is 0 Å². The van der Waals surface area contributed by atoms with Gasteiger partial charge in [-0.15, -0.1) is 11.3 Å². The summed E-state index contributed by atoms with van der Waals surface area (Å²) in [7, 11) is 0. The van der Waals surface area contributed by atoms with Crippen molar-refractivity contribution >= 4 is 27.3 Å². The highest BCUT2D eigenvalue weighted by molar-refractivity contribution is 9.11. The highest BCUT2D eigenvalue weighted by atomic mass is 79.9. The molecule has 1 atom stereocenters. The van der Waals surface area contributed by atoms with E-state index in [0.717, 1.165) is 0 Å². The average molecular weight is 246 g/mol. The molecule has 3 heteroatoms. The van der Waals surface area contributed by atoms with Gasteiger partial charge in [0.1, 0.15) is 0 Å². The first kappa shape index (κ1) is 8.73. The fourth-order valence-corrected chi connectivity index (χ4v) is 3.64. The van der Waals surface area contributed by atoms with Crippen LogP contribution in [0.1, 0.15) is 29.3 Å². The summed E-state index contributed by atoms with van der Waals surface area (Å²) in [5.74, 6) is 0. The van der Waals surface area contributed by atoms with Gasteiger partial charge in [-0.3, -0.25) is 0 Å². The minimum Gasteiger partial charge on any atom is -0.310 e. The van der Waals surface area contributed by atoms with Crippen LogP contribution < -0.4 is 5.32 Å². The van der Waals surface area contributed by atoms with Crippen LogP contribution in [0, 0.1) is 6.92 Å². The van der Waals surface area contributed by atoms with Crippen molar-refractivity contribution in [2.75, 3.05) is 6.54 Å². The van der Waals surface area contributed by atoms with Gasteiger partial charge in [0.25, 0.3) is 0 Å². The third-order valence-corrected chi connectivity index (χ3v) is 4.07. The number of aryl methyl sites for hydroxylation is 1. The third-order valence-electron chi connectivity index (χ3n) is 2.27. The maximum absolute atomic E-state index is 3.61. The minimum atomic E-state index is 0.601. The molecule has 1 aliphatic heterocycles. The molecule has 1 N–H and O–H groups in total. The second kappa shape index (κ2) is 3.48. The Bertz CT molecular complexity index is 276. The van der Waals surface area contributed by atoms with Gasteiger partial charge in [-0.1, -0.05) is 0 Å². The Labute approximate surface area is 85.3 Å². The minimum absolute atomic E-state index is 0.601. The van der Waals surface area contributed by atoms with Gasteiger partial charge < -0.3 is 5.32 Å². The van der Waals surface area contributed by atoms with E-state index >= 15 is 0 Å². The molecule has 1 aliphatic rings. The van der Waals surface area contributed by atoms with E-state index in [1.54, 1.807) is 0 Å². The van der Waals surface area contributed by atoms with E-state index in [9.17, 15) is 0 Å². The van der Waals surface area contributed by atoms with Crippen molar-refractivity contribution in [3.8, 4) is 0 Å². The van der Waals surface area contributed by atoms with Crippen molar-refractivity contribution in [3.05, 3.63) is 20.3 Å². The highest BCUT2D eigenvalue weighted by Crippen LogP contribution is 2.35. The summed E-state index contributed by atoms with van der Waals surface area (Å²) in [4.78, 5) is 1.39. The lowest BCUT2D eigenvalue weighted by Crippen LogP contribution is -2.12. The van der Waals surface area contributed by atoms with Crippen molar-refractivity contribution in [2.45, 2.75) is 25.8 Å². The summed E-state index contributed by atoms with van der Waals surface area (Å²) in [6.07, 6.45) is 2.60. The Morgan fingerprint density at radius 3 is 3.00 bits per heavy atom. The van der Waals surface area contributed by atoms with E-state index in [1.807, 2.05) is 11.3 Å². The molecule has 0 radical (unpaired) electrons. The van der Waals surface area contributed by atoms with E-state index in [0.29, 0.717) is 6.04 Å². The molecule has 2 heterocycles. The Balaban J connectivity index is 2.25. The lowest BCUT2D eigenvalue weighted by Gasteiger charge is -2.07. The SMILES string of the molecule is Cc1cc(C2CCCN2)c(Br)s1. The molecule has 0 amide bonds. The van der Waals surface area contributed by atoms with Crippen molar-refractivity contribution in [2.24, 2.45) is 0 Å². The smallest absolute Gasteiger partial charge is 0.0749 e. The number of hydrogen-bond acceptors (Lipinski definition) is 2. The number of halogens is 1. The maximum atomic E-state index is 3.61. The molecule has 1 fully saturated rings. The van der Waals surface area contributed by atoms with E-state index in [1.165, 1.54) is 33.6 Å². The maximum Gasteiger partial charge on any atom is 0.0749 e. The Morgan fingerprint density at radius 2 is 2.50 bits per heavy atom. The van der Waals surface area contributed by atoms with Crippen LogP contribution in [0.2, 0.25) is 0 Å². The summed E-state index contributed by atoms with van der Waals surface area (Å²) in [5, 5.41) is 3.50. The van der Waals surface area contributed by atoms with E-state index in [-0.39, 0.29) is 0 Å². The average Bonchev–Trinajstić information content (AvgIpc) is 2.58. The fourth-order valence-electron chi connectivity index (χ4n) is 1.69. The summed E-state index contributed by atoms with van der Waals surface area (Å²) in [6, 6.07) is 2.89. The van der Waals surface area contributed by atoms with Gasteiger partial charge in [-0.25, -0.2) is 0 Å². The number of hydrogen-bond donors (Lipinski definition) is 1. The first-order valence-corrected chi connectivity index (χ1v) is 5.87. The lowest BCUT2D eigenvalue weighted by molar-refractivity contribution is 0.647. The molecule has 0 spiro atoms. The molecule has 0 aliphatic carbocycles. The summed E-state index contributed by atoms with van der Waals surface area (Å²) in [6.45, 7) is 3.33. The molecular formula is C9H12BrNS. The van der Waals surface area contributed by atoms with Gasteiger partial charge in [0.05, 0.1) is 3.79 Å². The largest absolute Gasteiger partial charge is 0.310 e. The summed E-state index contributed by atoms with van der Waals surface area (Å²) in [5.41, 5.74) is 1.45. The molecule has 66 valence electrons. The van der Waals surface area contributed by atoms with Crippen molar-refractivity contribution in [1.82, 2.24) is 5.32 Å². The van der Waals surface area contributed by atoms with Crippen LogP contribution in [0.3, 0.4) is 0 Å². The second-order valence-electron chi connectivity index (χ2n) is 3.24. The van der Waals surface area contributed by atoms with E-state index in [4.69, 9.17) is 0 Å². The predicted octanol–water partition coefficient (Wildman–Crippen LogP) is 3.24. The zero-order valence-corrected chi connectivity index (χ0v) is 9.46. The molecule has 1 aromatic rings. The quantitative estimate of drug-likeness (QED) is 0.802. The molecular weight excluding hydrogens is 234 g/mol. The first-order valence-electron chi connectivity index (χ1n) is 4.26. The van der Waals surface area contributed by atoms with Crippen molar-refractivity contribution in [3.63, 3.8) is 0 Å². The molecule has 0 aromatic carbocycles. The van der Waals surface area contributed by atoms with Crippen LogP contribution in [0.4, 0.5) is 0 Å². The van der Waals surface area contributed by atoms with Crippen LogP contribution in [0.5, 0.6) is 0 Å². The normalized spacial score (nSPS) is 23.3. The van der Waals surface area contributed by atoms with Gasteiger partial charge in [0.15, 0.2) is 0 Å². The van der Waals surface area contributed by atoms with Gasteiger partial charge in [0.2, 0.25) is 0 Å². The number of nitrogens with one attached hydrogen (secondary N) is 1.